The number of nitrogens with zero attached hydrogens (tertiary/aromatic N) is 2. The van der Waals surface area contributed by atoms with Gasteiger partial charge in [0, 0.05) is 12.6 Å². The number of carbonyl (C=O) groups excluding carboxylic acids is 3. The van der Waals surface area contributed by atoms with Crippen molar-refractivity contribution in [3.8, 4) is 0 Å². The third-order valence-electron chi connectivity index (χ3n) is 5.92. The van der Waals surface area contributed by atoms with Gasteiger partial charge in [-0.2, -0.15) is 0 Å². The van der Waals surface area contributed by atoms with E-state index in [1.807, 2.05) is 37.3 Å². The van der Waals surface area contributed by atoms with Gasteiger partial charge in [-0.1, -0.05) is 37.3 Å². The maximum absolute atomic E-state index is 13.2. The molecule has 1 spiro atoms. The van der Waals surface area contributed by atoms with Gasteiger partial charge in [0.25, 0.3) is 5.91 Å². The summed E-state index contributed by atoms with van der Waals surface area (Å²) in [4.78, 5) is 45.2. The molecule has 3 unspecified atom stereocenters. The summed E-state index contributed by atoms with van der Waals surface area (Å²) in [5, 5.41) is 4.45. The van der Waals surface area contributed by atoms with Crippen molar-refractivity contribution in [3.63, 3.8) is 0 Å². The van der Waals surface area contributed by atoms with Crippen LogP contribution >= 0.6 is 0 Å². The number of hydrogen-bond donors (Lipinski definition) is 2. The van der Waals surface area contributed by atoms with Crippen LogP contribution in [0, 0.1) is 0 Å². The van der Waals surface area contributed by atoms with Crippen LogP contribution in [-0.2, 0) is 25.8 Å². The van der Waals surface area contributed by atoms with Crippen LogP contribution in [0.25, 0.3) is 0 Å². The number of ether oxygens (including phenoxy) is 1. The molecule has 3 amide bonds. The Balaban J connectivity index is 1.71. The molecule has 32 heavy (non-hydrogen) atoms. The molecule has 9 nitrogen and oxygen atoms in total. The Morgan fingerprint density at radius 1 is 1.28 bits per heavy atom. The molecular formula is C23H34N4O5. The molecular weight excluding hydrogens is 412 g/mol. The van der Waals surface area contributed by atoms with E-state index in [1.54, 1.807) is 25.7 Å². The Bertz CT molecular complexity index is 841. The van der Waals surface area contributed by atoms with Crippen LogP contribution in [0.5, 0.6) is 0 Å². The van der Waals surface area contributed by atoms with Crippen molar-refractivity contribution in [1.82, 2.24) is 15.3 Å². The predicted molar refractivity (Wildman–Crippen MR) is 118 cm³/mol. The molecule has 0 aromatic heterocycles. The number of β-lactam (4-membered cyclic amide) rings is 1. The van der Waals surface area contributed by atoms with E-state index in [0.29, 0.717) is 25.8 Å². The number of carbonyl (C=O) groups is 3. The minimum atomic E-state index is -0.986. The molecule has 0 aliphatic carbocycles. The third kappa shape index (κ3) is 5.05. The lowest BCUT2D eigenvalue weighted by atomic mass is 9.88. The molecule has 3 N–H and O–H groups in total. The molecule has 2 heterocycles. The predicted octanol–water partition coefficient (Wildman–Crippen LogP) is 1.95. The Morgan fingerprint density at radius 2 is 1.97 bits per heavy atom. The summed E-state index contributed by atoms with van der Waals surface area (Å²) in [7, 11) is 0. The van der Waals surface area contributed by atoms with Crippen molar-refractivity contribution in [3.05, 3.63) is 35.9 Å². The Labute approximate surface area is 189 Å². The summed E-state index contributed by atoms with van der Waals surface area (Å²) >= 11 is 0. The van der Waals surface area contributed by atoms with Crippen LogP contribution in [0.1, 0.15) is 52.5 Å². The quantitative estimate of drug-likeness (QED) is 0.590. The molecule has 3 atom stereocenters. The van der Waals surface area contributed by atoms with Gasteiger partial charge in [0.2, 0.25) is 5.91 Å². The van der Waals surface area contributed by atoms with Gasteiger partial charge < -0.3 is 15.8 Å². The Hall–Kier alpha value is -2.65. The van der Waals surface area contributed by atoms with E-state index in [9.17, 15) is 14.4 Å². The van der Waals surface area contributed by atoms with Crippen LogP contribution in [0.4, 0.5) is 4.79 Å². The van der Waals surface area contributed by atoms with Gasteiger partial charge in [-0.05, 0) is 45.6 Å². The highest BCUT2D eigenvalue weighted by molar-refractivity contribution is 5.95. The van der Waals surface area contributed by atoms with Gasteiger partial charge in [-0.25, -0.2) is 9.86 Å². The van der Waals surface area contributed by atoms with Crippen LogP contribution in [0.15, 0.2) is 30.3 Å². The number of hydrogen-bond acceptors (Lipinski definition) is 6. The van der Waals surface area contributed by atoms with E-state index in [1.165, 1.54) is 5.06 Å². The van der Waals surface area contributed by atoms with Crippen molar-refractivity contribution in [2.75, 3.05) is 13.1 Å². The van der Waals surface area contributed by atoms with E-state index >= 15 is 0 Å². The molecule has 9 heteroatoms. The van der Waals surface area contributed by atoms with Crippen molar-refractivity contribution < 1.29 is 24.0 Å². The summed E-state index contributed by atoms with van der Waals surface area (Å²) < 4.78 is 5.63. The third-order valence-corrected chi connectivity index (χ3v) is 5.92. The molecule has 1 aromatic rings. The zero-order valence-corrected chi connectivity index (χ0v) is 19.3. The highest BCUT2D eigenvalue weighted by Gasteiger charge is 2.64. The van der Waals surface area contributed by atoms with Crippen molar-refractivity contribution in [2.24, 2.45) is 5.73 Å². The average molecular weight is 447 g/mol. The average Bonchev–Trinajstić information content (AvgIpc) is 3.12. The lowest BCUT2D eigenvalue weighted by Gasteiger charge is -2.50. The largest absolute Gasteiger partial charge is 0.444 e. The summed E-state index contributed by atoms with van der Waals surface area (Å²) in [5.74, 6) is -0.687. The fourth-order valence-corrected chi connectivity index (χ4v) is 4.27. The first-order chi connectivity index (χ1) is 15.1. The standard InChI is InChI=1S/C23H34N4O5/c1-5-18(19(24)28)25-13-17-11-12-23(27(17)21(30)32-22(2,3)4)15-26(20(23)29)31-14-16-9-7-6-8-10-16/h6-10,17-18,25H,5,11-15H2,1-4H3,(H2,24,28). The number of nitrogens with one attached hydrogen (secondary N) is 1. The second-order valence-electron chi connectivity index (χ2n) is 9.45. The number of benzene rings is 1. The van der Waals surface area contributed by atoms with Crippen LogP contribution in [-0.4, -0.2) is 64.2 Å². The van der Waals surface area contributed by atoms with Gasteiger partial charge in [0.1, 0.15) is 17.7 Å². The van der Waals surface area contributed by atoms with Gasteiger partial charge in [-0.15, -0.1) is 0 Å². The number of primary amides is 1. The maximum atomic E-state index is 13.2. The zero-order valence-electron chi connectivity index (χ0n) is 19.3. The summed E-state index contributed by atoms with van der Waals surface area (Å²) in [5.41, 5.74) is 4.71. The topological polar surface area (TPSA) is 114 Å². The first kappa shape index (κ1) is 24.0. The molecule has 2 aliphatic heterocycles. The Kier molecular flexibility index (Phi) is 7.09. The minimum absolute atomic E-state index is 0.247. The number of rotatable bonds is 8. The summed E-state index contributed by atoms with van der Waals surface area (Å²) in [6, 6.07) is 8.80. The first-order valence-electron chi connectivity index (χ1n) is 11.1. The maximum Gasteiger partial charge on any atom is 0.411 e. The van der Waals surface area contributed by atoms with E-state index in [4.69, 9.17) is 15.3 Å². The molecule has 1 aromatic carbocycles. The molecule has 2 fully saturated rings. The number of likely N-dealkylation sites (tertiary alicyclic amines) is 1. The normalized spacial score (nSPS) is 23.9. The molecule has 0 bridgehead atoms. The van der Waals surface area contributed by atoms with E-state index in [-0.39, 0.29) is 25.1 Å². The molecule has 2 aliphatic rings. The number of nitrogens with two attached hydrogens (primary N) is 1. The highest BCUT2D eigenvalue weighted by atomic mass is 16.7. The molecule has 3 rings (SSSR count). The van der Waals surface area contributed by atoms with E-state index < -0.39 is 29.2 Å². The monoisotopic (exact) mass is 446 g/mol. The van der Waals surface area contributed by atoms with Crippen LogP contribution in [0.2, 0.25) is 0 Å². The number of amides is 3. The van der Waals surface area contributed by atoms with Gasteiger partial charge >= 0.3 is 6.09 Å². The van der Waals surface area contributed by atoms with Crippen molar-refractivity contribution in [1.29, 1.82) is 0 Å². The van der Waals surface area contributed by atoms with Gasteiger partial charge in [0.15, 0.2) is 0 Å². The molecule has 0 radical (unpaired) electrons. The first-order valence-corrected chi connectivity index (χ1v) is 11.1. The SMILES string of the molecule is CCC(NCC1CCC2(CN(OCc3ccccc3)C2=O)N1C(=O)OC(C)(C)C)C(N)=O. The summed E-state index contributed by atoms with van der Waals surface area (Å²) in [6.07, 6.45) is 1.13. The fourth-order valence-electron chi connectivity index (χ4n) is 4.27. The second-order valence-corrected chi connectivity index (χ2v) is 9.45. The van der Waals surface area contributed by atoms with Gasteiger partial charge in [0.05, 0.1) is 12.6 Å². The zero-order chi connectivity index (χ0) is 23.5. The molecule has 0 saturated carbocycles. The van der Waals surface area contributed by atoms with Crippen molar-refractivity contribution >= 4 is 17.9 Å². The van der Waals surface area contributed by atoms with Gasteiger partial charge in [-0.3, -0.25) is 19.3 Å². The second kappa shape index (κ2) is 9.46. The fraction of sp³-hybridized carbons (Fsp3) is 0.609. The lowest BCUT2D eigenvalue weighted by molar-refractivity contribution is -0.241. The highest BCUT2D eigenvalue weighted by Crippen LogP contribution is 2.43. The molecule has 176 valence electrons. The van der Waals surface area contributed by atoms with E-state index in [0.717, 1.165) is 5.56 Å². The lowest BCUT2D eigenvalue weighted by Crippen LogP contribution is -2.74. The van der Waals surface area contributed by atoms with Crippen LogP contribution in [0.3, 0.4) is 0 Å². The van der Waals surface area contributed by atoms with Crippen molar-refractivity contribution in [2.45, 2.75) is 76.8 Å². The number of hydroxylamine groups is 2. The summed E-state index contributed by atoms with van der Waals surface area (Å²) in [6.45, 7) is 8.14. The molecule has 2 saturated heterocycles. The Morgan fingerprint density at radius 3 is 2.53 bits per heavy atom. The minimum Gasteiger partial charge on any atom is -0.444 e. The van der Waals surface area contributed by atoms with Crippen LogP contribution < -0.4 is 11.1 Å². The van der Waals surface area contributed by atoms with E-state index in [2.05, 4.69) is 5.32 Å². The smallest absolute Gasteiger partial charge is 0.411 e.